The van der Waals surface area contributed by atoms with Gasteiger partial charge in [-0.15, -0.1) is 11.8 Å². The van der Waals surface area contributed by atoms with E-state index in [0.717, 1.165) is 0 Å². The van der Waals surface area contributed by atoms with Crippen molar-refractivity contribution in [3.63, 3.8) is 0 Å². The first-order chi connectivity index (χ1) is 2.56. The summed E-state index contributed by atoms with van der Waals surface area (Å²) in [5.41, 5.74) is 5.50. The van der Waals surface area contributed by atoms with Crippen LogP contribution in [0.5, 0.6) is 0 Å². The normalized spacial score (nSPS) is 12.0. The van der Waals surface area contributed by atoms with Gasteiger partial charge in [0.25, 0.3) is 0 Å². The van der Waals surface area contributed by atoms with Crippen LogP contribution in [0.3, 0.4) is 0 Å². The second kappa shape index (κ2) is 1.85. The number of rotatable bonds is 1. The molecule has 0 aliphatic heterocycles. The zero-order chi connectivity index (χ0) is 5.21. The van der Waals surface area contributed by atoms with Crippen molar-refractivity contribution in [3.8, 4) is 0 Å². The van der Waals surface area contributed by atoms with Crippen LogP contribution < -0.4 is 5.73 Å². The lowest BCUT2D eigenvalue weighted by molar-refractivity contribution is 0.761. The van der Waals surface area contributed by atoms with Crippen LogP contribution in [0, 0.1) is 0 Å². The van der Waals surface area contributed by atoms with Crippen molar-refractivity contribution in [1.82, 2.24) is 0 Å². The third-order valence-electron chi connectivity index (χ3n) is 0.526. The van der Waals surface area contributed by atoms with Crippen molar-refractivity contribution < 1.29 is 0 Å². The van der Waals surface area contributed by atoms with Crippen LogP contribution in [-0.2, 0) is 0 Å². The molecular formula is C4H11NS. The summed E-state index contributed by atoms with van der Waals surface area (Å²) in [5, 5.41) is 0. The predicted molar refractivity (Wildman–Crippen MR) is 31.8 cm³/mol. The summed E-state index contributed by atoms with van der Waals surface area (Å²) in [6, 6.07) is 0. The van der Waals surface area contributed by atoms with Crippen molar-refractivity contribution in [2.45, 2.75) is 18.7 Å². The zero-order valence-electron chi connectivity index (χ0n) is 4.49. The number of hydrogen-bond donors (Lipinski definition) is 1. The second-order valence-electron chi connectivity index (χ2n) is 1.81. The van der Waals surface area contributed by atoms with Crippen LogP contribution in [0.4, 0.5) is 0 Å². The molecule has 0 aromatic rings. The van der Waals surface area contributed by atoms with Crippen LogP contribution in [0.2, 0.25) is 0 Å². The van der Waals surface area contributed by atoms with Crippen molar-refractivity contribution in [1.29, 1.82) is 0 Å². The molecule has 38 valence electrons. The highest BCUT2D eigenvalue weighted by Gasteiger charge is 2.04. The summed E-state index contributed by atoms with van der Waals surface area (Å²) in [5.74, 6) is 0. The van der Waals surface area contributed by atoms with E-state index in [9.17, 15) is 0 Å². The molecule has 0 bridgehead atoms. The standard InChI is InChI=1S/C4H11NS/c1-4(2,5)6-3/h5H2,1-3H3. The van der Waals surface area contributed by atoms with Gasteiger partial charge in [-0.2, -0.15) is 0 Å². The maximum Gasteiger partial charge on any atom is 0.0560 e. The molecule has 0 atom stereocenters. The van der Waals surface area contributed by atoms with Crippen molar-refractivity contribution >= 4 is 11.8 Å². The Hall–Kier alpha value is 0.310. The Labute approximate surface area is 43.3 Å². The molecule has 0 rings (SSSR count). The first-order valence-corrected chi connectivity index (χ1v) is 3.13. The molecule has 0 saturated carbocycles. The van der Waals surface area contributed by atoms with Gasteiger partial charge in [0, 0.05) is 0 Å². The van der Waals surface area contributed by atoms with Gasteiger partial charge in [-0.25, -0.2) is 0 Å². The van der Waals surface area contributed by atoms with E-state index in [0.29, 0.717) is 0 Å². The van der Waals surface area contributed by atoms with Gasteiger partial charge >= 0.3 is 0 Å². The Morgan fingerprint density at radius 2 is 1.67 bits per heavy atom. The molecule has 0 heterocycles. The van der Waals surface area contributed by atoms with Crippen molar-refractivity contribution in [2.24, 2.45) is 5.73 Å². The van der Waals surface area contributed by atoms with Crippen LogP contribution in [0.1, 0.15) is 13.8 Å². The highest BCUT2D eigenvalue weighted by Crippen LogP contribution is 2.11. The van der Waals surface area contributed by atoms with Gasteiger partial charge in [0.2, 0.25) is 0 Å². The van der Waals surface area contributed by atoms with Crippen molar-refractivity contribution in [3.05, 3.63) is 0 Å². The molecule has 0 radical (unpaired) electrons. The minimum absolute atomic E-state index is 0.0417. The van der Waals surface area contributed by atoms with Gasteiger partial charge in [-0.05, 0) is 20.1 Å². The van der Waals surface area contributed by atoms with E-state index in [1.807, 2.05) is 20.1 Å². The third kappa shape index (κ3) is 4.31. The first kappa shape index (κ1) is 6.31. The number of hydrogen-bond acceptors (Lipinski definition) is 2. The van der Waals surface area contributed by atoms with E-state index in [-0.39, 0.29) is 4.87 Å². The van der Waals surface area contributed by atoms with E-state index < -0.39 is 0 Å². The van der Waals surface area contributed by atoms with Gasteiger partial charge < -0.3 is 5.73 Å². The molecule has 0 fully saturated rings. The Bertz CT molecular complexity index is 37.3. The second-order valence-corrected chi connectivity index (χ2v) is 3.27. The molecule has 0 aromatic carbocycles. The molecule has 0 aromatic heterocycles. The predicted octanol–water partition coefficient (Wildman–Crippen LogP) is 1.04. The molecule has 6 heavy (non-hydrogen) atoms. The van der Waals surface area contributed by atoms with E-state index in [1.165, 1.54) is 0 Å². The average molecular weight is 105 g/mol. The molecule has 0 spiro atoms. The van der Waals surface area contributed by atoms with Crippen molar-refractivity contribution in [2.75, 3.05) is 6.26 Å². The molecule has 0 unspecified atom stereocenters. The SMILES string of the molecule is CSC(C)(C)N. The first-order valence-electron chi connectivity index (χ1n) is 1.90. The molecular weight excluding hydrogens is 94.1 g/mol. The highest BCUT2D eigenvalue weighted by atomic mass is 32.2. The summed E-state index contributed by atoms with van der Waals surface area (Å²) in [4.78, 5) is -0.0417. The number of thioether (sulfide) groups is 1. The highest BCUT2D eigenvalue weighted by molar-refractivity contribution is 7.99. The quantitative estimate of drug-likeness (QED) is 0.504. The van der Waals surface area contributed by atoms with Crippen LogP contribution in [0.25, 0.3) is 0 Å². The molecule has 0 aliphatic carbocycles. The fourth-order valence-corrected chi connectivity index (χ4v) is 0. The monoisotopic (exact) mass is 105 g/mol. The van der Waals surface area contributed by atoms with Gasteiger partial charge in [0.05, 0.1) is 4.87 Å². The van der Waals surface area contributed by atoms with Crippen LogP contribution >= 0.6 is 11.8 Å². The molecule has 0 saturated heterocycles. The lowest BCUT2D eigenvalue weighted by Crippen LogP contribution is -2.26. The van der Waals surface area contributed by atoms with Gasteiger partial charge in [-0.3, -0.25) is 0 Å². The number of nitrogens with two attached hydrogens (primary N) is 1. The van der Waals surface area contributed by atoms with Gasteiger partial charge in [0.1, 0.15) is 0 Å². The summed E-state index contributed by atoms with van der Waals surface area (Å²) in [7, 11) is 0. The maximum absolute atomic E-state index is 5.50. The Morgan fingerprint density at radius 3 is 1.67 bits per heavy atom. The average Bonchev–Trinajstić information content (AvgIpc) is 1.35. The maximum atomic E-state index is 5.50. The van der Waals surface area contributed by atoms with Gasteiger partial charge in [-0.1, -0.05) is 0 Å². The molecule has 0 amide bonds. The largest absolute Gasteiger partial charge is 0.317 e. The molecule has 1 nitrogen and oxygen atoms in total. The van der Waals surface area contributed by atoms with E-state index in [4.69, 9.17) is 5.73 Å². The zero-order valence-corrected chi connectivity index (χ0v) is 5.30. The van der Waals surface area contributed by atoms with E-state index in [2.05, 4.69) is 0 Å². The topological polar surface area (TPSA) is 26.0 Å². The summed E-state index contributed by atoms with van der Waals surface area (Å²) >= 11 is 1.66. The van der Waals surface area contributed by atoms with Crippen LogP contribution in [-0.4, -0.2) is 11.1 Å². The Balaban J connectivity index is 3.17. The third-order valence-corrected chi connectivity index (χ3v) is 1.58. The Morgan fingerprint density at radius 1 is 1.50 bits per heavy atom. The molecule has 0 aliphatic rings. The van der Waals surface area contributed by atoms with Gasteiger partial charge in [0.15, 0.2) is 0 Å². The smallest absolute Gasteiger partial charge is 0.0560 e. The fourth-order valence-electron chi connectivity index (χ4n) is 0. The fraction of sp³-hybridized carbons (Fsp3) is 1.00. The van der Waals surface area contributed by atoms with E-state index in [1.54, 1.807) is 11.8 Å². The summed E-state index contributed by atoms with van der Waals surface area (Å²) < 4.78 is 0. The lowest BCUT2D eigenvalue weighted by atomic mass is 10.4. The summed E-state index contributed by atoms with van der Waals surface area (Å²) in [6.07, 6.45) is 2.00. The minimum atomic E-state index is -0.0417. The van der Waals surface area contributed by atoms with E-state index >= 15 is 0 Å². The summed E-state index contributed by atoms with van der Waals surface area (Å²) in [6.45, 7) is 3.97. The molecule has 2 N–H and O–H groups in total. The lowest BCUT2D eigenvalue weighted by Gasteiger charge is -2.12. The molecule has 2 heteroatoms. The Kier molecular flexibility index (Phi) is 1.94. The van der Waals surface area contributed by atoms with Crippen LogP contribution in [0.15, 0.2) is 0 Å². The minimum Gasteiger partial charge on any atom is -0.317 e.